The van der Waals surface area contributed by atoms with Gasteiger partial charge in [-0.1, -0.05) is 26.8 Å². The highest BCUT2D eigenvalue weighted by Gasteiger charge is 2.31. The Morgan fingerprint density at radius 2 is 2.21 bits per heavy atom. The molecule has 2 aromatic rings. The van der Waals surface area contributed by atoms with Crippen molar-refractivity contribution in [2.45, 2.75) is 32.9 Å². The lowest BCUT2D eigenvalue weighted by Crippen LogP contribution is -2.44. The zero-order valence-electron chi connectivity index (χ0n) is 11.6. The number of hydrogen-bond acceptors (Lipinski definition) is 4. The average Bonchev–Trinajstić information content (AvgIpc) is 2.98. The zero-order valence-corrected chi connectivity index (χ0v) is 12.4. The van der Waals surface area contributed by atoms with Gasteiger partial charge < -0.3 is 15.4 Å². The minimum absolute atomic E-state index is 0.00711. The van der Waals surface area contributed by atoms with Gasteiger partial charge in [0.05, 0.1) is 17.5 Å². The zero-order chi connectivity index (χ0) is 14.0. The van der Waals surface area contributed by atoms with Crippen LogP contribution in [-0.4, -0.2) is 27.3 Å². The second-order valence-corrected chi connectivity index (χ2v) is 6.72. The molecule has 0 radical (unpaired) electrons. The van der Waals surface area contributed by atoms with Crippen molar-refractivity contribution in [1.29, 1.82) is 0 Å². The quantitative estimate of drug-likeness (QED) is 0.904. The number of nitrogens with zero attached hydrogens (tertiary/aromatic N) is 2. The van der Waals surface area contributed by atoms with Gasteiger partial charge in [-0.05, 0) is 16.9 Å². The van der Waals surface area contributed by atoms with E-state index in [4.69, 9.17) is 5.73 Å². The van der Waals surface area contributed by atoms with Crippen LogP contribution >= 0.6 is 11.3 Å². The molecular formula is C14H21N3OS. The maximum atomic E-state index is 9.73. The summed E-state index contributed by atoms with van der Waals surface area (Å²) in [4.78, 5) is 5.49. The fraction of sp³-hybridized carbons (Fsp3) is 0.500. The number of aliphatic hydroxyl groups excluding tert-OH is 1. The number of aromatic nitrogens is 2. The van der Waals surface area contributed by atoms with Crippen molar-refractivity contribution in [3.63, 3.8) is 0 Å². The number of aliphatic hydroxyl groups is 1. The molecule has 0 bridgehead atoms. The molecule has 0 amide bonds. The van der Waals surface area contributed by atoms with E-state index in [1.54, 1.807) is 17.5 Å². The van der Waals surface area contributed by atoms with E-state index in [-0.39, 0.29) is 24.1 Å². The number of hydrogen-bond donors (Lipinski definition) is 2. The summed E-state index contributed by atoms with van der Waals surface area (Å²) in [5.74, 6) is 0.869. The van der Waals surface area contributed by atoms with Gasteiger partial charge in [0.25, 0.3) is 0 Å². The fourth-order valence-electron chi connectivity index (χ4n) is 2.13. The van der Waals surface area contributed by atoms with Gasteiger partial charge in [-0.2, -0.15) is 0 Å². The molecular weight excluding hydrogens is 258 g/mol. The molecule has 5 heteroatoms. The lowest BCUT2D eigenvalue weighted by Gasteiger charge is -2.34. The van der Waals surface area contributed by atoms with Crippen LogP contribution in [-0.2, 0) is 0 Å². The van der Waals surface area contributed by atoms with Gasteiger partial charge in [-0.15, -0.1) is 11.3 Å². The van der Waals surface area contributed by atoms with Crippen LogP contribution in [0.2, 0.25) is 0 Å². The van der Waals surface area contributed by atoms with Crippen molar-refractivity contribution >= 4 is 11.3 Å². The summed E-state index contributed by atoms with van der Waals surface area (Å²) in [5.41, 5.74) is 6.23. The molecule has 2 aromatic heterocycles. The Kier molecular flexibility index (Phi) is 4.08. The first-order chi connectivity index (χ1) is 8.95. The molecule has 0 saturated carbocycles. The van der Waals surface area contributed by atoms with Crippen LogP contribution in [0.25, 0.3) is 10.7 Å². The van der Waals surface area contributed by atoms with Crippen molar-refractivity contribution in [3.05, 3.63) is 29.9 Å². The van der Waals surface area contributed by atoms with Crippen molar-refractivity contribution in [2.75, 3.05) is 6.61 Å². The predicted octanol–water partition coefficient (Wildman–Crippen LogP) is 2.52. The van der Waals surface area contributed by atoms with Gasteiger partial charge in [-0.25, -0.2) is 4.98 Å². The summed E-state index contributed by atoms with van der Waals surface area (Å²) in [6.07, 6.45) is 3.65. The molecule has 2 atom stereocenters. The first-order valence-electron chi connectivity index (χ1n) is 6.38. The molecule has 2 heterocycles. The standard InChI is InChI=1S/C14H21N3OS/c1-14(2,3)12(15)10(9-18)17-7-6-16-13(17)11-5-4-8-19-11/h4-8,10,12,18H,9,15H2,1-3H3. The van der Waals surface area contributed by atoms with Crippen LogP contribution in [0.3, 0.4) is 0 Å². The molecule has 0 aliphatic carbocycles. The number of nitrogens with two attached hydrogens (primary N) is 1. The summed E-state index contributed by atoms with van der Waals surface area (Å²) < 4.78 is 1.99. The second kappa shape index (κ2) is 5.45. The Bertz CT molecular complexity index is 513. The Balaban J connectivity index is 2.38. The third-order valence-corrected chi connectivity index (χ3v) is 4.23. The van der Waals surface area contributed by atoms with Crippen LogP contribution in [0.15, 0.2) is 29.9 Å². The Labute approximate surface area is 117 Å². The summed E-state index contributed by atoms with van der Waals surface area (Å²) >= 11 is 1.64. The van der Waals surface area contributed by atoms with Crippen molar-refractivity contribution in [1.82, 2.24) is 9.55 Å². The monoisotopic (exact) mass is 279 g/mol. The summed E-state index contributed by atoms with van der Waals surface area (Å²) in [5, 5.41) is 11.7. The summed E-state index contributed by atoms with van der Waals surface area (Å²) in [6, 6.07) is 3.71. The molecule has 0 aliphatic heterocycles. The van der Waals surface area contributed by atoms with Crippen LogP contribution < -0.4 is 5.73 Å². The summed E-state index contributed by atoms with van der Waals surface area (Å²) in [7, 11) is 0. The van der Waals surface area contributed by atoms with E-state index in [0.29, 0.717) is 0 Å². The highest BCUT2D eigenvalue weighted by atomic mass is 32.1. The van der Waals surface area contributed by atoms with Gasteiger partial charge in [-0.3, -0.25) is 0 Å². The third kappa shape index (κ3) is 2.88. The van der Waals surface area contributed by atoms with Gasteiger partial charge in [0.2, 0.25) is 0 Å². The third-order valence-electron chi connectivity index (χ3n) is 3.37. The van der Waals surface area contributed by atoms with Gasteiger partial charge in [0.15, 0.2) is 0 Å². The maximum Gasteiger partial charge on any atom is 0.150 e. The van der Waals surface area contributed by atoms with Crippen LogP contribution in [0, 0.1) is 5.41 Å². The molecule has 0 aromatic carbocycles. The van der Waals surface area contributed by atoms with E-state index < -0.39 is 0 Å². The molecule has 3 N–H and O–H groups in total. The molecule has 0 saturated heterocycles. The first kappa shape index (κ1) is 14.2. The normalized spacial score (nSPS) is 15.4. The minimum Gasteiger partial charge on any atom is -0.394 e. The van der Waals surface area contributed by atoms with Gasteiger partial charge in [0, 0.05) is 18.4 Å². The SMILES string of the molecule is CC(C)(C)C(N)C(CO)n1ccnc1-c1cccs1. The van der Waals surface area contributed by atoms with Gasteiger partial charge >= 0.3 is 0 Å². The highest BCUT2D eigenvalue weighted by Crippen LogP contribution is 2.31. The number of rotatable bonds is 4. The number of imidazole rings is 1. The van der Waals surface area contributed by atoms with E-state index in [1.165, 1.54) is 0 Å². The molecule has 4 nitrogen and oxygen atoms in total. The molecule has 104 valence electrons. The smallest absolute Gasteiger partial charge is 0.150 e. The molecule has 2 rings (SSSR count). The molecule has 2 unspecified atom stereocenters. The van der Waals surface area contributed by atoms with Crippen LogP contribution in [0.5, 0.6) is 0 Å². The van der Waals surface area contributed by atoms with Crippen LogP contribution in [0.4, 0.5) is 0 Å². The topological polar surface area (TPSA) is 64.1 Å². The maximum absolute atomic E-state index is 9.73. The minimum atomic E-state index is -0.167. The molecule has 0 spiro atoms. The second-order valence-electron chi connectivity index (χ2n) is 5.78. The Morgan fingerprint density at radius 3 is 2.74 bits per heavy atom. The predicted molar refractivity (Wildman–Crippen MR) is 79.1 cm³/mol. The van der Waals surface area contributed by atoms with Crippen LogP contribution in [0.1, 0.15) is 26.8 Å². The molecule has 19 heavy (non-hydrogen) atoms. The van der Waals surface area contributed by atoms with E-state index in [1.807, 2.05) is 28.3 Å². The largest absolute Gasteiger partial charge is 0.394 e. The molecule has 0 fully saturated rings. The Morgan fingerprint density at radius 1 is 1.47 bits per heavy atom. The van der Waals surface area contributed by atoms with Gasteiger partial charge in [0.1, 0.15) is 5.82 Å². The lowest BCUT2D eigenvalue weighted by molar-refractivity contribution is 0.155. The average molecular weight is 279 g/mol. The lowest BCUT2D eigenvalue weighted by atomic mass is 9.83. The van der Waals surface area contributed by atoms with E-state index in [2.05, 4.69) is 25.8 Å². The number of thiophene rings is 1. The van der Waals surface area contributed by atoms with Crippen molar-refractivity contribution in [2.24, 2.45) is 11.1 Å². The van der Waals surface area contributed by atoms with E-state index >= 15 is 0 Å². The fourth-order valence-corrected chi connectivity index (χ4v) is 2.85. The molecule has 0 aliphatic rings. The summed E-state index contributed by atoms with van der Waals surface area (Å²) in [6.45, 7) is 6.26. The van der Waals surface area contributed by atoms with E-state index in [9.17, 15) is 5.11 Å². The van der Waals surface area contributed by atoms with Crippen molar-refractivity contribution < 1.29 is 5.11 Å². The Hall–Kier alpha value is -1.17. The van der Waals surface area contributed by atoms with Crippen molar-refractivity contribution in [3.8, 4) is 10.7 Å². The van der Waals surface area contributed by atoms with E-state index in [0.717, 1.165) is 10.7 Å². The highest BCUT2D eigenvalue weighted by molar-refractivity contribution is 7.13. The first-order valence-corrected chi connectivity index (χ1v) is 7.26.